The van der Waals surface area contributed by atoms with E-state index in [-0.39, 0.29) is 0 Å². The van der Waals surface area contributed by atoms with E-state index in [1.165, 1.54) is 43.6 Å². The molecule has 0 atom stereocenters. The molecule has 0 fully saturated rings. The van der Waals surface area contributed by atoms with Crippen LogP contribution in [-0.2, 0) is 0 Å². The monoisotopic (exact) mass is 1050 g/mol. The zero-order valence-corrected chi connectivity index (χ0v) is 44.3. The predicted molar refractivity (Wildman–Crippen MR) is 339 cm³/mol. The molecule has 17 rings (SSSR count). The summed E-state index contributed by atoms with van der Waals surface area (Å²) in [4.78, 5) is 16.6. The zero-order chi connectivity index (χ0) is 53.8. The number of hydrogen-bond donors (Lipinski definition) is 0. The Labute approximate surface area is 471 Å². The molecule has 0 spiro atoms. The van der Waals surface area contributed by atoms with Crippen molar-refractivity contribution in [3.05, 3.63) is 285 Å². The van der Waals surface area contributed by atoms with Gasteiger partial charge in [0.15, 0.2) is 5.82 Å². The molecule has 5 heterocycles. The molecule has 12 aromatic carbocycles. The van der Waals surface area contributed by atoms with Gasteiger partial charge in [0, 0.05) is 60.0 Å². The van der Waals surface area contributed by atoms with E-state index in [9.17, 15) is 0 Å². The largest absolute Gasteiger partial charge is 0.309 e. The minimum Gasteiger partial charge on any atom is -0.309 e. The van der Waals surface area contributed by atoms with Gasteiger partial charge in [0.25, 0.3) is 0 Å². The standard InChI is InChI=1S/C75H47N7/c1-4-20-48(21-5-1)55-26-10-11-31-60(55)73-76-74(81-67-34-18-14-29-58(67)63-46-51(38-42-71(63)81)49-36-40-69-61(44-49)56-27-12-16-32-65(56)79(69)53-22-6-2-7-23-53)78-75(77-73)82-68-35-19-15-30-59(68)64-47-52(39-43-72(64)82)50-37-41-70-62(45-50)57-28-13-17-33-66(57)80(70)54-24-8-3-9-25-54/h1-47H. The highest BCUT2D eigenvalue weighted by molar-refractivity contribution is 6.15. The van der Waals surface area contributed by atoms with Crippen molar-refractivity contribution in [2.24, 2.45) is 0 Å². The molecule has 7 heteroatoms. The molecule has 0 aliphatic carbocycles. The van der Waals surface area contributed by atoms with Gasteiger partial charge in [-0.3, -0.25) is 9.13 Å². The van der Waals surface area contributed by atoms with Crippen molar-refractivity contribution in [1.29, 1.82) is 0 Å². The van der Waals surface area contributed by atoms with Crippen LogP contribution in [0.25, 0.3) is 155 Å². The lowest BCUT2D eigenvalue weighted by Gasteiger charge is -2.14. The van der Waals surface area contributed by atoms with Crippen LogP contribution >= 0.6 is 0 Å². The van der Waals surface area contributed by atoms with Crippen LogP contribution in [0.5, 0.6) is 0 Å². The third-order valence-electron chi connectivity index (χ3n) is 16.7. The van der Waals surface area contributed by atoms with Crippen LogP contribution in [0.3, 0.4) is 0 Å². The molecule has 0 N–H and O–H groups in total. The summed E-state index contributed by atoms with van der Waals surface area (Å²) >= 11 is 0. The lowest BCUT2D eigenvalue weighted by Crippen LogP contribution is -2.10. The molecule has 0 unspecified atom stereocenters. The average Bonchev–Trinajstić information content (AvgIpc) is 3.41. The smallest absolute Gasteiger partial charge is 0.240 e. The number of fused-ring (bicyclic) bond motifs is 12. The topological polar surface area (TPSA) is 58.4 Å². The van der Waals surface area contributed by atoms with Crippen LogP contribution in [0.2, 0.25) is 0 Å². The Morgan fingerprint density at radius 1 is 0.195 bits per heavy atom. The lowest BCUT2D eigenvalue weighted by molar-refractivity contribution is 0.893. The van der Waals surface area contributed by atoms with Crippen LogP contribution in [-0.4, -0.2) is 33.2 Å². The summed E-state index contributed by atoms with van der Waals surface area (Å²) in [6.07, 6.45) is 0. The highest BCUT2D eigenvalue weighted by Gasteiger charge is 2.24. The Balaban J connectivity index is 0.855. The summed E-state index contributed by atoms with van der Waals surface area (Å²) in [5.74, 6) is 1.64. The molecule has 0 saturated carbocycles. The van der Waals surface area contributed by atoms with Gasteiger partial charge in [0.05, 0.1) is 44.1 Å². The van der Waals surface area contributed by atoms with E-state index >= 15 is 0 Å². The van der Waals surface area contributed by atoms with Crippen LogP contribution in [0.15, 0.2) is 285 Å². The molecule has 82 heavy (non-hydrogen) atoms. The molecule has 0 aliphatic heterocycles. The fourth-order valence-electron chi connectivity index (χ4n) is 13.0. The van der Waals surface area contributed by atoms with Gasteiger partial charge in [-0.1, -0.05) is 188 Å². The van der Waals surface area contributed by atoms with Gasteiger partial charge >= 0.3 is 0 Å². The van der Waals surface area contributed by atoms with Crippen LogP contribution in [0.1, 0.15) is 0 Å². The first-order valence-corrected chi connectivity index (χ1v) is 27.8. The Hall–Kier alpha value is -11.2. The Bertz CT molecular complexity index is 5100. The fraction of sp³-hybridized carbons (Fsp3) is 0. The molecule has 17 aromatic rings. The second-order valence-corrected chi connectivity index (χ2v) is 21.2. The van der Waals surface area contributed by atoms with E-state index in [4.69, 9.17) is 15.0 Å². The van der Waals surface area contributed by atoms with Crippen molar-refractivity contribution in [3.63, 3.8) is 0 Å². The third-order valence-corrected chi connectivity index (χ3v) is 16.7. The highest BCUT2D eigenvalue weighted by Crippen LogP contribution is 2.42. The molecule has 0 aliphatic rings. The number of benzene rings is 12. The van der Waals surface area contributed by atoms with Crippen LogP contribution in [0, 0.1) is 0 Å². The quantitative estimate of drug-likeness (QED) is 0.152. The number of aromatic nitrogens is 7. The van der Waals surface area contributed by atoms with Gasteiger partial charge in [-0.05, 0) is 130 Å². The first-order valence-electron chi connectivity index (χ1n) is 27.8. The van der Waals surface area contributed by atoms with Gasteiger partial charge in [-0.2, -0.15) is 15.0 Å². The first-order chi connectivity index (χ1) is 40.7. The number of nitrogens with zero attached hydrogens (tertiary/aromatic N) is 7. The van der Waals surface area contributed by atoms with Gasteiger partial charge in [0.1, 0.15) is 0 Å². The van der Waals surface area contributed by atoms with E-state index in [0.717, 1.165) is 93.9 Å². The third kappa shape index (κ3) is 7.06. The Kier molecular flexibility index (Phi) is 10.2. The van der Waals surface area contributed by atoms with E-state index in [1.54, 1.807) is 0 Å². The molecule has 7 nitrogen and oxygen atoms in total. The van der Waals surface area contributed by atoms with Crippen LogP contribution in [0.4, 0.5) is 0 Å². The molecule has 382 valence electrons. The summed E-state index contributed by atoms with van der Waals surface area (Å²) in [5.41, 5.74) is 18.6. The first kappa shape index (κ1) is 45.8. The molecule has 0 amide bonds. The molecule has 0 saturated heterocycles. The number of hydrogen-bond acceptors (Lipinski definition) is 3. The molecule has 5 aromatic heterocycles. The second-order valence-electron chi connectivity index (χ2n) is 21.2. The van der Waals surface area contributed by atoms with Crippen molar-refractivity contribution in [3.8, 4) is 68.0 Å². The zero-order valence-electron chi connectivity index (χ0n) is 44.3. The maximum absolute atomic E-state index is 5.59. The molecular weight excluding hydrogens is 999 g/mol. The van der Waals surface area contributed by atoms with Crippen molar-refractivity contribution in [2.75, 3.05) is 0 Å². The van der Waals surface area contributed by atoms with Crippen molar-refractivity contribution in [2.45, 2.75) is 0 Å². The predicted octanol–water partition coefficient (Wildman–Crippen LogP) is 18.9. The SMILES string of the molecule is c1ccc(-c2ccccc2-c2nc(-n3c4ccccc4c4cc(-c5ccc6c(c5)c5ccccc5n6-c5ccccc5)ccc43)nc(-n3c4ccccc4c4cc(-c5ccc6c(c5)c5ccccc5n6-c5ccccc5)ccc43)n2)cc1. The van der Waals surface area contributed by atoms with Crippen molar-refractivity contribution >= 4 is 87.2 Å². The molecule has 0 radical (unpaired) electrons. The number of para-hydroxylation sites is 6. The Morgan fingerprint density at radius 2 is 0.488 bits per heavy atom. The fourth-order valence-corrected chi connectivity index (χ4v) is 13.0. The summed E-state index contributed by atoms with van der Waals surface area (Å²) in [6.45, 7) is 0. The Morgan fingerprint density at radius 3 is 0.878 bits per heavy atom. The van der Waals surface area contributed by atoms with E-state index in [2.05, 4.69) is 303 Å². The second kappa shape index (κ2) is 18.2. The highest BCUT2D eigenvalue weighted by atomic mass is 15.3. The van der Waals surface area contributed by atoms with Gasteiger partial charge in [-0.25, -0.2) is 0 Å². The maximum Gasteiger partial charge on any atom is 0.240 e. The van der Waals surface area contributed by atoms with E-state index in [1.807, 2.05) is 0 Å². The number of rotatable bonds is 8. The minimum absolute atomic E-state index is 0.530. The van der Waals surface area contributed by atoms with E-state index in [0.29, 0.717) is 17.7 Å². The van der Waals surface area contributed by atoms with Gasteiger partial charge in [-0.15, -0.1) is 0 Å². The van der Waals surface area contributed by atoms with Gasteiger partial charge < -0.3 is 9.13 Å². The normalized spacial score (nSPS) is 11.9. The van der Waals surface area contributed by atoms with E-state index < -0.39 is 0 Å². The van der Waals surface area contributed by atoms with Crippen LogP contribution < -0.4 is 0 Å². The summed E-state index contributed by atoms with van der Waals surface area (Å²) in [7, 11) is 0. The van der Waals surface area contributed by atoms with Crippen molar-refractivity contribution < 1.29 is 0 Å². The molecule has 0 bridgehead atoms. The van der Waals surface area contributed by atoms with Crippen molar-refractivity contribution in [1.82, 2.24) is 33.2 Å². The maximum atomic E-state index is 5.59. The molecular formula is C75H47N7. The summed E-state index contributed by atoms with van der Waals surface area (Å²) in [5, 5.41) is 9.32. The van der Waals surface area contributed by atoms with Gasteiger partial charge in [0.2, 0.25) is 11.9 Å². The minimum atomic E-state index is 0.530. The lowest BCUT2D eigenvalue weighted by atomic mass is 9.99. The summed E-state index contributed by atoms with van der Waals surface area (Å²) < 4.78 is 9.18. The summed E-state index contributed by atoms with van der Waals surface area (Å²) in [6, 6.07) is 102. The average molecular weight is 1050 g/mol.